The van der Waals surface area contributed by atoms with E-state index in [1.807, 2.05) is 24.3 Å². The van der Waals surface area contributed by atoms with Crippen LogP contribution in [-0.4, -0.2) is 45.4 Å². The second-order valence-electron chi connectivity index (χ2n) is 8.11. The van der Waals surface area contributed by atoms with Crippen LogP contribution < -0.4 is 10.1 Å². The lowest BCUT2D eigenvalue weighted by molar-refractivity contribution is 0.0954. The zero-order chi connectivity index (χ0) is 21.7. The number of nitrogens with zero attached hydrogens (tertiary/aromatic N) is 1. The van der Waals surface area contributed by atoms with Gasteiger partial charge in [-0.05, 0) is 60.6 Å². The summed E-state index contributed by atoms with van der Waals surface area (Å²) in [5.41, 5.74) is 1.46. The molecule has 6 nitrogen and oxygen atoms in total. The molecule has 1 amide bonds. The summed E-state index contributed by atoms with van der Waals surface area (Å²) in [5.74, 6) is 1.25. The number of sulfonamides is 1. The van der Waals surface area contributed by atoms with Crippen molar-refractivity contribution < 1.29 is 17.9 Å². The highest BCUT2D eigenvalue weighted by atomic mass is 32.2. The Kier molecular flexibility index (Phi) is 7.15. The summed E-state index contributed by atoms with van der Waals surface area (Å²) in [6, 6.07) is 13.9. The molecule has 0 saturated carbocycles. The number of benzene rings is 2. The fourth-order valence-electron chi connectivity index (χ4n) is 4.05. The number of nitrogens with one attached hydrogen (secondary N) is 1. The van der Waals surface area contributed by atoms with Crippen molar-refractivity contribution in [1.29, 1.82) is 0 Å². The van der Waals surface area contributed by atoms with Gasteiger partial charge in [0.15, 0.2) is 0 Å². The first kappa shape index (κ1) is 22.3. The first-order chi connectivity index (χ1) is 14.3. The molecule has 2 aromatic carbocycles. The molecule has 1 N–H and O–H groups in total. The molecule has 7 heteroatoms. The van der Waals surface area contributed by atoms with Crippen molar-refractivity contribution in [3.05, 3.63) is 59.7 Å². The predicted octanol–water partition coefficient (Wildman–Crippen LogP) is 3.33. The lowest BCUT2D eigenvalue weighted by atomic mass is 9.94. The van der Waals surface area contributed by atoms with Gasteiger partial charge in [-0.1, -0.05) is 32.0 Å². The summed E-state index contributed by atoms with van der Waals surface area (Å²) < 4.78 is 32.8. The molecular weight excluding hydrogens is 400 g/mol. The second kappa shape index (κ2) is 9.62. The van der Waals surface area contributed by atoms with Crippen molar-refractivity contribution in [2.75, 3.05) is 26.7 Å². The van der Waals surface area contributed by atoms with E-state index in [2.05, 4.69) is 19.2 Å². The molecule has 0 spiro atoms. The largest absolute Gasteiger partial charge is 0.496 e. The van der Waals surface area contributed by atoms with Crippen LogP contribution in [0.4, 0.5) is 0 Å². The molecule has 30 heavy (non-hydrogen) atoms. The number of carbonyl (C=O) groups is 1. The van der Waals surface area contributed by atoms with Gasteiger partial charge in [-0.25, -0.2) is 8.42 Å². The number of piperidine rings is 1. The van der Waals surface area contributed by atoms with Crippen LogP contribution in [0.2, 0.25) is 0 Å². The molecule has 1 saturated heterocycles. The Morgan fingerprint density at radius 3 is 2.33 bits per heavy atom. The number of ether oxygens (including phenoxy) is 1. The Bertz CT molecular complexity index is 963. The van der Waals surface area contributed by atoms with E-state index in [0.717, 1.165) is 17.7 Å². The molecule has 2 unspecified atom stereocenters. The van der Waals surface area contributed by atoms with Gasteiger partial charge in [-0.3, -0.25) is 4.79 Å². The molecule has 1 aliphatic rings. The summed E-state index contributed by atoms with van der Waals surface area (Å²) in [4.78, 5) is 12.7. The van der Waals surface area contributed by atoms with E-state index in [1.54, 1.807) is 23.5 Å². The molecule has 3 rings (SSSR count). The van der Waals surface area contributed by atoms with Crippen LogP contribution in [0.1, 0.15) is 36.2 Å². The van der Waals surface area contributed by atoms with Crippen LogP contribution in [-0.2, 0) is 16.4 Å². The fraction of sp³-hybridized carbons (Fsp3) is 0.435. The molecule has 1 aliphatic heterocycles. The van der Waals surface area contributed by atoms with E-state index in [4.69, 9.17) is 4.74 Å². The van der Waals surface area contributed by atoms with Crippen LogP contribution in [0.15, 0.2) is 53.4 Å². The number of hydrogen-bond donors (Lipinski definition) is 1. The Labute approximate surface area is 179 Å². The summed E-state index contributed by atoms with van der Waals surface area (Å²) >= 11 is 0. The fourth-order valence-corrected chi connectivity index (χ4v) is 5.73. The number of hydrogen-bond acceptors (Lipinski definition) is 4. The Morgan fingerprint density at radius 2 is 1.70 bits per heavy atom. The summed E-state index contributed by atoms with van der Waals surface area (Å²) in [7, 11) is -1.92. The third-order valence-corrected chi connectivity index (χ3v) is 7.31. The van der Waals surface area contributed by atoms with Gasteiger partial charge in [0.05, 0.1) is 12.0 Å². The maximum Gasteiger partial charge on any atom is 0.251 e. The first-order valence-corrected chi connectivity index (χ1v) is 11.8. The number of para-hydroxylation sites is 1. The molecular formula is C23H30N2O4S. The smallest absolute Gasteiger partial charge is 0.251 e. The van der Waals surface area contributed by atoms with Gasteiger partial charge in [0, 0.05) is 25.2 Å². The topological polar surface area (TPSA) is 75.7 Å². The maximum absolute atomic E-state index is 13.0. The van der Waals surface area contributed by atoms with E-state index in [1.165, 1.54) is 12.1 Å². The summed E-state index contributed by atoms with van der Waals surface area (Å²) in [6.07, 6.45) is 1.69. The van der Waals surface area contributed by atoms with Crippen molar-refractivity contribution in [2.45, 2.75) is 31.6 Å². The van der Waals surface area contributed by atoms with Crippen LogP contribution in [0, 0.1) is 11.8 Å². The van der Waals surface area contributed by atoms with E-state index in [9.17, 15) is 13.2 Å². The number of amides is 1. The number of methoxy groups -OCH3 is 1. The molecule has 1 fully saturated rings. The third-order valence-electron chi connectivity index (χ3n) is 5.46. The van der Waals surface area contributed by atoms with Crippen molar-refractivity contribution in [3.63, 3.8) is 0 Å². The molecule has 0 bridgehead atoms. The monoisotopic (exact) mass is 430 g/mol. The van der Waals surface area contributed by atoms with Gasteiger partial charge in [0.1, 0.15) is 5.75 Å². The second-order valence-corrected chi connectivity index (χ2v) is 10.0. The lowest BCUT2D eigenvalue weighted by Crippen LogP contribution is -2.42. The van der Waals surface area contributed by atoms with Crippen LogP contribution in [0.25, 0.3) is 0 Å². The molecule has 162 valence electrons. The first-order valence-electron chi connectivity index (χ1n) is 10.3. The Morgan fingerprint density at radius 1 is 1.07 bits per heavy atom. The predicted molar refractivity (Wildman–Crippen MR) is 117 cm³/mol. The van der Waals surface area contributed by atoms with Gasteiger partial charge >= 0.3 is 0 Å². The standard InChI is InChI=1S/C23H30N2O4S/c1-17-14-18(2)16-25(15-17)30(27,28)21-10-8-20(9-11-21)23(26)24-13-12-19-6-4-5-7-22(19)29-3/h4-11,17-18H,12-16H2,1-3H3,(H,24,26). The molecule has 2 aromatic rings. The van der Waals surface area contributed by atoms with E-state index in [-0.39, 0.29) is 10.8 Å². The average Bonchev–Trinajstić information content (AvgIpc) is 2.73. The van der Waals surface area contributed by atoms with E-state index >= 15 is 0 Å². The van der Waals surface area contributed by atoms with Crippen LogP contribution in [0.5, 0.6) is 5.75 Å². The normalized spacial score (nSPS) is 20.0. The van der Waals surface area contributed by atoms with Gasteiger partial charge in [0.25, 0.3) is 5.91 Å². The third kappa shape index (κ3) is 5.21. The van der Waals surface area contributed by atoms with Gasteiger partial charge in [0.2, 0.25) is 10.0 Å². The Hall–Kier alpha value is -2.38. The molecule has 1 heterocycles. The minimum absolute atomic E-state index is 0.228. The minimum atomic E-state index is -3.54. The Balaban J connectivity index is 1.61. The van der Waals surface area contributed by atoms with Crippen LogP contribution in [0.3, 0.4) is 0 Å². The average molecular weight is 431 g/mol. The highest BCUT2D eigenvalue weighted by Gasteiger charge is 2.31. The summed E-state index contributed by atoms with van der Waals surface area (Å²) in [5, 5.41) is 2.88. The lowest BCUT2D eigenvalue weighted by Gasteiger charge is -2.34. The minimum Gasteiger partial charge on any atom is -0.496 e. The molecule has 2 atom stereocenters. The van der Waals surface area contributed by atoms with E-state index in [0.29, 0.717) is 43.5 Å². The van der Waals surface area contributed by atoms with Gasteiger partial charge in [-0.2, -0.15) is 4.31 Å². The van der Waals surface area contributed by atoms with Crippen molar-refractivity contribution in [2.24, 2.45) is 11.8 Å². The van der Waals surface area contributed by atoms with E-state index < -0.39 is 10.0 Å². The SMILES string of the molecule is COc1ccccc1CCNC(=O)c1ccc(S(=O)(=O)N2CC(C)CC(C)C2)cc1. The van der Waals surface area contributed by atoms with Crippen LogP contribution >= 0.6 is 0 Å². The van der Waals surface area contributed by atoms with Crippen molar-refractivity contribution >= 4 is 15.9 Å². The molecule has 0 aromatic heterocycles. The number of carbonyl (C=O) groups excluding carboxylic acids is 1. The van der Waals surface area contributed by atoms with Gasteiger partial charge < -0.3 is 10.1 Å². The quantitative estimate of drug-likeness (QED) is 0.731. The maximum atomic E-state index is 13.0. The molecule has 0 radical (unpaired) electrons. The van der Waals surface area contributed by atoms with Gasteiger partial charge in [-0.15, -0.1) is 0 Å². The molecule has 0 aliphatic carbocycles. The highest BCUT2D eigenvalue weighted by Crippen LogP contribution is 2.26. The number of rotatable bonds is 7. The summed E-state index contributed by atoms with van der Waals surface area (Å²) in [6.45, 7) is 5.70. The highest BCUT2D eigenvalue weighted by molar-refractivity contribution is 7.89. The van der Waals surface area contributed by atoms with Crippen molar-refractivity contribution in [3.8, 4) is 5.75 Å². The van der Waals surface area contributed by atoms with Crippen molar-refractivity contribution in [1.82, 2.24) is 9.62 Å². The zero-order valence-electron chi connectivity index (χ0n) is 17.8. The zero-order valence-corrected chi connectivity index (χ0v) is 18.6.